The Labute approximate surface area is 445 Å². The summed E-state index contributed by atoms with van der Waals surface area (Å²) in [6.07, 6.45) is 0. The van der Waals surface area contributed by atoms with E-state index in [0.29, 0.717) is 0 Å². The zero-order chi connectivity index (χ0) is 49.9. The highest BCUT2D eigenvalue weighted by Crippen LogP contribution is 2.64. The highest BCUT2D eigenvalue weighted by molar-refractivity contribution is 7.26. The molecule has 0 unspecified atom stereocenters. The van der Waals surface area contributed by atoms with E-state index < -0.39 is 5.41 Å². The van der Waals surface area contributed by atoms with Crippen molar-refractivity contribution in [1.29, 1.82) is 0 Å². The number of nitrogens with zero attached hydrogens (tertiary/aromatic N) is 2. The Morgan fingerprint density at radius 1 is 0.316 bits per heavy atom. The van der Waals surface area contributed by atoms with Gasteiger partial charge in [-0.05, 0) is 133 Å². The molecule has 3 heteroatoms. The monoisotopic (exact) mass is 982 g/mol. The van der Waals surface area contributed by atoms with Crippen molar-refractivity contribution in [3.05, 3.63) is 301 Å². The maximum atomic E-state index is 2.46. The molecule has 0 fully saturated rings. The van der Waals surface area contributed by atoms with Crippen LogP contribution in [0.3, 0.4) is 0 Å². The topological polar surface area (TPSA) is 8.17 Å². The summed E-state index contributed by atoms with van der Waals surface area (Å²) in [7, 11) is 0. The molecule has 16 rings (SSSR count). The summed E-state index contributed by atoms with van der Waals surface area (Å²) >= 11 is 1.88. The Hall–Kier alpha value is -9.54. The van der Waals surface area contributed by atoms with Crippen LogP contribution in [-0.2, 0) is 5.41 Å². The van der Waals surface area contributed by atoms with Crippen LogP contribution in [0.15, 0.2) is 279 Å². The van der Waals surface area contributed by atoms with Crippen LogP contribution in [0.1, 0.15) is 22.3 Å². The molecule has 76 heavy (non-hydrogen) atoms. The number of aromatic nitrogens is 1. The number of hydrogen-bond donors (Lipinski definition) is 0. The summed E-state index contributed by atoms with van der Waals surface area (Å²) in [6, 6.07) is 104. The molecule has 2 aliphatic rings. The van der Waals surface area contributed by atoms with Gasteiger partial charge in [-0.25, -0.2) is 0 Å². The highest BCUT2D eigenvalue weighted by Gasteiger charge is 2.52. The summed E-state index contributed by atoms with van der Waals surface area (Å²) in [6.45, 7) is 0. The van der Waals surface area contributed by atoms with Gasteiger partial charge in [-0.3, -0.25) is 0 Å². The summed E-state index contributed by atoms with van der Waals surface area (Å²) in [5, 5.41) is 5.08. The number of thiophene rings is 1. The summed E-state index contributed by atoms with van der Waals surface area (Å²) in [5.74, 6) is 0. The fourth-order valence-electron chi connectivity index (χ4n) is 13.3. The van der Waals surface area contributed by atoms with E-state index >= 15 is 0 Å². The lowest BCUT2D eigenvalue weighted by molar-refractivity contribution is 0.794. The van der Waals surface area contributed by atoms with E-state index in [4.69, 9.17) is 0 Å². The minimum absolute atomic E-state index is 0.397. The van der Waals surface area contributed by atoms with Crippen LogP contribution in [0.25, 0.3) is 103 Å². The maximum Gasteiger partial charge on any atom is 0.0725 e. The van der Waals surface area contributed by atoms with E-state index in [1.54, 1.807) is 0 Å². The normalized spacial score (nSPS) is 12.8. The van der Waals surface area contributed by atoms with Crippen LogP contribution >= 0.6 is 11.3 Å². The van der Waals surface area contributed by atoms with Gasteiger partial charge in [0.1, 0.15) is 0 Å². The number of anilines is 3. The van der Waals surface area contributed by atoms with Crippen LogP contribution in [0, 0.1) is 0 Å². The summed E-state index contributed by atoms with van der Waals surface area (Å²) in [5.41, 5.74) is 24.4. The molecule has 2 nitrogen and oxygen atoms in total. The van der Waals surface area contributed by atoms with Gasteiger partial charge in [0.25, 0.3) is 0 Å². The fourth-order valence-corrected chi connectivity index (χ4v) is 14.5. The third-order valence-corrected chi connectivity index (χ3v) is 17.7. The highest BCUT2D eigenvalue weighted by atomic mass is 32.1. The van der Waals surface area contributed by atoms with E-state index in [-0.39, 0.29) is 0 Å². The third kappa shape index (κ3) is 6.15. The van der Waals surface area contributed by atoms with Gasteiger partial charge in [-0.2, -0.15) is 0 Å². The molecule has 0 radical (unpaired) electrons. The van der Waals surface area contributed by atoms with Gasteiger partial charge < -0.3 is 9.47 Å². The quantitative estimate of drug-likeness (QED) is 0.154. The van der Waals surface area contributed by atoms with Crippen molar-refractivity contribution in [3.8, 4) is 61.3 Å². The maximum absolute atomic E-state index is 2.46. The van der Waals surface area contributed by atoms with E-state index in [0.717, 1.165) is 22.7 Å². The fraction of sp³-hybridized carbons (Fsp3) is 0.0137. The number of hydrogen-bond acceptors (Lipinski definition) is 2. The Bertz CT molecular complexity index is 4590. The first-order chi connectivity index (χ1) is 37.7. The van der Waals surface area contributed by atoms with Gasteiger partial charge >= 0.3 is 0 Å². The van der Waals surface area contributed by atoms with Crippen molar-refractivity contribution >= 4 is 70.4 Å². The van der Waals surface area contributed by atoms with Gasteiger partial charge in [0.05, 0.1) is 22.1 Å². The molecule has 0 saturated heterocycles. The first-order valence-electron chi connectivity index (χ1n) is 26.2. The first-order valence-corrected chi connectivity index (χ1v) is 27.1. The minimum Gasteiger partial charge on any atom is -0.310 e. The van der Waals surface area contributed by atoms with Gasteiger partial charge in [0, 0.05) is 59.1 Å². The molecule has 0 aliphatic heterocycles. The molecule has 354 valence electrons. The zero-order valence-electron chi connectivity index (χ0n) is 41.4. The molecular formula is C73H46N2S. The molecule has 2 aliphatic carbocycles. The molecule has 12 aromatic carbocycles. The van der Waals surface area contributed by atoms with Crippen LogP contribution in [0.2, 0.25) is 0 Å². The third-order valence-electron chi connectivity index (χ3n) is 16.4. The van der Waals surface area contributed by atoms with Gasteiger partial charge in [-0.1, -0.05) is 212 Å². The second kappa shape index (κ2) is 16.7. The van der Waals surface area contributed by atoms with Gasteiger partial charge in [0.2, 0.25) is 0 Å². The molecule has 0 amide bonds. The smallest absolute Gasteiger partial charge is 0.0725 e. The average Bonchev–Trinajstić information content (AvgIpc) is 4.23. The van der Waals surface area contributed by atoms with Gasteiger partial charge in [0.15, 0.2) is 0 Å². The molecule has 0 N–H and O–H groups in total. The Morgan fingerprint density at radius 2 is 0.829 bits per heavy atom. The number of benzene rings is 12. The van der Waals surface area contributed by atoms with E-state index in [2.05, 4.69) is 289 Å². The van der Waals surface area contributed by atoms with E-state index in [1.165, 1.54) is 120 Å². The Balaban J connectivity index is 0.846. The molecule has 1 spiro atoms. The molecule has 2 heterocycles. The lowest BCUT2D eigenvalue weighted by Crippen LogP contribution is -2.25. The van der Waals surface area contributed by atoms with Crippen molar-refractivity contribution in [3.63, 3.8) is 0 Å². The number of rotatable bonds is 7. The first kappa shape index (κ1) is 42.9. The molecule has 0 saturated carbocycles. The lowest BCUT2D eigenvalue weighted by atomic mass is 9.70. The number of fused-ring (bicyclic) bond motifs is 16. The Kier molecular flexibility index (Phi) is 9.45. The largest absolute Gasteiger partial charge is 0.310 e. The van der Waals surface area contributed by atoms with Crippen molar-refractivity contribution in [1.82, 2.24) is 4.57 Å². The molecular weight excluding hydrogens is 937 g/mol. The summed E-state index contributed by atoms with van der Waals surface area (Å²) < 4.78 is 4.98. The summed E-state index contributed by atoms with van der Waals surface area (Å²) in [4.78, 5) is 2.46. The van der Waals surface area contributed by atoms with Crippen molar-refractivity contribution in [2.24, 2.45) is 0 Å². The van der Waals surface area contributed by atoms with Crippen LogP contribution in [0.4, 0.5) is 17.1 Å². The van der Waals surface area contributed by atoms with Crippen LogP contribution < -0.4 is 4.90 Å². The van der Waals surface area contributed by atoms with Crippen molar-refractivity contribution < 1.29 is 0 Å². The van der Waals surface area contributed by atoms with E-state index in [9.17, 15) is 0 Å². The predicted molar refractivity (Wildman–Crippen MR) is 321 cm³/mol. The van der Waals surface area contributed by atoms with Crippen molar-refractivity contribution in [2.75, 3.05) is 4.90 Å². The van der Waals surface area contributed by atoms with E-state index in [1.807, 2.05) is 11.3 Å². The van der Waals surface area contributed by atoms with Gasteiger partial charge in [-0.15, -0.1) is 11.3 Å². The minimum atomic E-state index is -0.397. The lowest BCUT2D eigenvalue weighted by Gasteiger charge is -2.30. The Morgan fingerprint density at radius 3 is 1.58 bits per heavy atom. The van der Waals surface area contributed by atoms with Crippen molar-refractivity contribution in [2.45, 2.75) is 5.41 Å². The average molecular weight is 983 g/mol. The zero-order valence-corrected chi connectivity index (χ0v) is 42.2. The SMILES string of the molecule is c1ccc(-n2c3ccccc3c3cc(-c4ccc(N(c5ccc(-c6cccc7c6-c6ccccc6C76c7ccccc7-c7ccccc76)cc5)c5ccccc5-c5cccc6c5sc5ccccc56)cc4)ccc32)cc1. The van der Waals surface area contributed by atoms with Crippen LogP contribution in [-0.4, -0.2) is 4.57 Å². The second-order valence-corrected chi connectivity index (χ2v) is 21.3. The van der Waals surface area contributed by atoms with Crippen LogP contribution in [0.5, 0.6) is 0 Å². The molecule has 0 atom stereocenters. The molecule has 14 aromatic rings. The second-order valence-electron chi connectivity index (χ2n) is 20.3. The standard InChI is InChI=1S/C73H46N2S/c1-2-18-50(19-3-1)75-68-34-14-8-23-57(68)62-46-49(40-45-69(62)75)47-36-41-51(42-37-47)74(67-33-13-7-22-56(67)59-27-16-28-60-58-24-9-15-35-70(58)76-72(59)60)52-43-38-48(39-44-52)53-26-17-32-66-71(53)61-25-6-12-31-65(61)73(66)63-29-10-4-20-54(63)55-21-5-11-30-64(55)73/h1-46H. The predicted octanol–water partition coefficient (Wildman–Crippen LogP) is 20.0. The number of para-hydroxylation sites is 3. The molecule has 2 aromatic heterocycles. The molecule has 0 bridgehead atoms.